The Hall–Kier alpha value is -2.95. The Kier molecular flexibility index (Phi) is 6.06. The average Bonchev–Trinajstić information content (AvgIpc) is 2.58. The van der Waals surface area contributed by atoms with E-state index in [1.165, 1.54) is 0 Å². The maximum absolute atomic E-state index is 10.6. The van der Waals surface area contributed by atoms with Gasteiger partial charge in [0.15, 0.2) is 0 Å². The molecule has 0 amide bonds. The molecule has 1 N–H and O–H groups in total. The van der Waals surface area contributed by atoms with Gasteiger partial charge >= 0.3 is 5.97 Å². The van der Waals surface area contributed by atoms with Crippen LogP contribution in [-0.2, 0) is 4.79 Å². The Balaban J connectivity index is 1.79. The number of azo groups is 1. The minimum Gasteiger partial charge on any atom is -0.494 e. The maximum atomic E-state index is 10.6. The highest BCUT2D eigenvalue weighted by atomic mass is 16.5. The van der Waals surface area contributed by atoms with Crippen LogP contribution in [0.5, 0.6) is 5.75 Å². The number of ether oxygens (including phenoxy) is 1. The lowest BCUT2D eigenvalue weighted by Gasteiger charge is -2.06. The van der Waals surface area contributed by atoms with E-state index < -0.39 is 5.97 Å². The molecule has 0 radical (unpaired) electrons. The van der Waals surface area contributed by atoms with Gasteiger partial charge in [0.05, 0.1) is 18.0 Å². The van der Waals surface area contributed by atoms with Gasteiger partial charge in [0.2, 0.25) is 0 Å². The molecule has 2 rings (SSSR count). The van der Waals surface area contributed by atoms with Crippen LogP contribution >= 0.6 is 0 Å². The van der Waals surface area contributed by atoms with Crippen molar-refractivity contribution in [3.63, 3.8) is 0 Å². The van der Waals surface area contributed by atoms with Gasteiger partial charge in [0, 0.05) is 5.57 Å². The zero-order chi connectivity index (χ0) is 16.5. The first-order chi connectivity index (χ1) is 11.1. The third-order valence-corrected chi connectivity index (χ3v) is 3.07. The molecule has 0 spiro atoms. The van der Waals surface area contributed by atoms with Gasteiger partial charge in [-0.1, -0.05) is 24.8 Å². The normalized spacial score (nSPS) is 10.6. The number of carboxylic acid groups (broad SMARTS) is 1. The van der Waals surface area contributed by atoms with Crippen LogP contribution in [0.2, 0.25) is 0 Å². The van der Waals surface area contributed by atoms with Gasteiger partial charge in [-0.25, -0.2) is 4.79 Å². The molecule has 23 heavy (non-hydrogen) atoms. The highest BCUT2D eigenvalue weighted by Gasteiger charge is 2.03. The molecule has 0 unspecified atom stereocenters. The summed E-state index contributed by atoms with van der Waals surface area (Å²) in [6.45, 7) is 3.92. The Labute approximate surface area is 135 Å². The van der Waals surface area contributed by atoms with Crippen molar-refractivity contribution in [2.24, 2.45) is 10.2 Å². The number of carboxylic acids is 1. The summed E-state index contributed by atoms with van der Waals surface area (Å²) in [7, 11) is 0. The summed E-state index contributed by atoms with van der Waals surface area (Å²) in [6, 6.07) is 16.8. The number of nitrogens with zero attached hydrogens (tertiary/aromatic N) is 2. The van der Waals surface area contributed by atoms with Crippen LogP contribution in [0.1, 0.15) is 12.8 Å². The molecule has 0 fully saturated rings. The van der Waals surface area contributed by atoms with Crippen LogP contribution < -0.4 is 4.74 Å². The smallest absolute Gasteiger partial charge is 0.330 e. The van der Waals surface area contributed by atoms with Gasteiger partial charge < -0.3 is 9.84 Å². The second-order valence-electron chi connectivity index (χ2n) is 4.89. The van der Waals surface area contributed by atoms with Gasteiger partial charge in [0.1, 0.15) is 5.75 Å². The van der Waals surface area contributed by atoms with Gasteiger partial charge in [-0.3, -0.25) is 0 Å². The average molecular weight is 310 g/mol. The summed E-state index contributed by atoms with van der Waals surface area (Å²) in [5.74, 6) is -0.247. The zero-order valence-electron chi connectivity index (χ0n) is 12.7. The predicted octanol–water partition coefficient (Wildman–Crippen LogP) is 4.90. The lowest BCUT2D eigenvalue weighted by atomic mass is 10.2. The molecule has 0 aromatic heterocycles. The Morgan fingerprint density at radius 1 is 1.00 bits per heavy atom. The van der Waals surface area contributed by atoms with Crippen molar-refractivity contribution in [2.45, 2.75) is 12.8 Å². The van der Waals surface area contributed by atoms with Gasteiger partial charge in [-0.05, 0) is 49.2 Å². The molecule has 0 heterocycles. The summed E-state index contributed by atoms with van der Waals surface area (Å²) < 4.78 is 5.55. The number of carbonyl (C=O) groups is 1. The molecular weight excluding hydrogens is 292 g/mol. The lowest BCUT2D eigenvalue weighted by molar-refractivity contribution is -0.132. The fraction of sp³-hybridized carbons (Fsp3) is 0.167. The van der Waals surface area contributed by atoms with Crippen molar-refractivity contribution in [2.75, 3.05) is 6.61 Å². The summed E-state index contributed by atoms with van der Waals surface area (Å²) in [6.07, 6.45) is 1.03. The highest BCUT2D eigenvalue weighted by Crippen LogP contribution is 2.21. The van der Waals surface area contributed by atoms with E-state index in [0.717, 1.165) is 11.4 Å². The Morgan fingerprint density at radius 3 is 2.22 bits per heavy atom. The van der Waals surface area contributed by atoms with Gasteiger partial charge in [-0.15, -0.1) is 0 Å². The fourth-order valence-electron chi connectivity index (χ4n) is 1.80. The van der Waals surface area contributed by atoms with Crippen molar-refractivity contribution in [3.8, 4) is 5.75 Å². The minimum atomic E-state index is -0.960. The van der Waals surface area contributed by atoms with E-state index >= 15 is 0 Å². The number of aliphatic carboxylic acids is 1. The molecule has 2 aromatic carbocycles. The van der Waals surface area contributed by atoms with Crippen molar-refractivity contribution < 1.29 is 14.6 Å². The van der Waals surface area contributed by atoms with E-state index in [0.29, 0.717) is 25.2 Å². The summed E-state index contributed by atoms with van der Waals surface area (Å²) in [5, 5.41) is 17.0. The minimum absolute atomic E-state index is 0.199. The largest absolute Gasteiger partial charge is 0.494 e. The molecule has 2 aromatic rings. The number of hydrogen-bond donors (Lipinski definition) is 1. The predicted molar refractivity (Wildman–Crippen MR) is 88.6 cm³/mol. The fourth-order valence-corrected chi connectivity index (χ4v) is 1.80. The number of rotatable bonds is 8. The number of benzene rings is 2. The van der Waals surface area contributed by atoms with Crippen LogP contribution in [0, 0.1) is 0 Å². The van der Waals surface area contributed by atoms with E-state index in [1.807, 2.05) is 54.6 Å². The molecular formula is C18H18N2O3. The molecule has 0 aliphatic rings. The molecule has 0 aliphatic carbocycles. The summed E-state index contributed by atoms with van der Waals surface area (Å²) in [4.78, 5) is 10.6. The van der Waals surface area contributed by atoms with Crippen LogP contribution in [0.15, 0.2) is 77.0 Å². The van der Waals surface area contributed by atoms with Crippen LogP contribution in [0.3, 0.4) is 0 Å². The topological polar surface area (TPSA) is 71.2 Å². The van der Waals surface area contributed by atoms with Crippen LogP contribution in [-0.4, -0.2) is 17.7 Å². The molecule has 0 bridgehead atoms. The van der Waals surface area contributed by atoms with Gasteiger partial charge in [-0.2, -0.15) is 10.2 Å². The molecule has 0 saturated carbocycles. The third kappa shape index (κ3) is 5.74. The highest BCUT2D eigenvalue weighted by molar-refractivity contribution is 5.85. The monoisotopic (exact) mass is 310 g/mol. The third-order valence-electron chi connectivity index (χ3n) is 3.07. The van der Waals surface area contributed by atoms with Crippen LogP contribution in [0.4, 0.5) is 11.4 Å². The summed E-state index contributed by atoms with van der Waals surface area (Å²) in [5.41, 5.74) is 1.73. The SMILES string of the molecule is C=C(CCCOc1ccc(N=Nc2ccccc2)cc1)C(=O)O. The maximum Gasteiger partial charge on any atom is 0.330 e. The summed E-state index contributed by atoms with van der Waals surface area (Å²) >= 11 is 0. The first-order valence-electron chi connectivity index (χ1n) is 7.26. The molecule has 0 aliphatic heterocycles. The second kappa shape index (κ2) is 8.48. The van der Waals surface area contributed by atoms with Crippen molar-refractivity contribution >= 4 is 17.3 Å². The van der Waals surface area contributed by atoms with Crippen LogP contribution in [0.25, 0.3) is 0 Å². The van der Waals surface area contributed by atoms with Crippen molar-refractivity contribution in [3.05, 3.63) is 66.7 Å². The standard InChI is InChI=1S/C18H18N2O3/c1-14(18(21)22)6-5-13-23-17-11-9-16(10-12-17)20-19-15-7-3-2-4-8-15/h2-4,7-12H,1,5-6,13H2,(H,21,22). The lowest BCUT2D eigenvalue weighted by Crippen LogP contribution is -2.02. The van der Waals surface area contributed by atoms with E-state index in [-0.39, 0.29) is 5.57 Å². The molecule has 5 heteroatoms. The molecule has 0 saturated heterocycles. The first-order valence-corrected chi connectivity index (χ1v) is 7.26. The Bertz CT molecular complexity index is 679. The quantitative estimate of drug-likeness (QED) is 0.428. The molecule has 0 atom stereocenters. The number of hydrogen-bond acceptors (Lipinski definition) is 4. The first kappa shape index (κ1) is 16.4. The molecule has 5 nitrogen and oxygen atoms in total. The van der Waals surface area contributed by atoms with Gasteiger partial charge in [0.25, 0.3) is 0 Å². The van der Waals surface area contributed by atoms with E-state index in [1.54, 1.807) is 0 Å². The van der Waals surface area contributed by atoms with E-state index in [2.05, 4.69) is 16.8 Å². The van der Waals surface area contributed by atoms with E-state index in [4.69, 9.17) is 9.84 Å². The Morgan fingerprint density at radius 2 is 1.61 bits per heavy atom. The zero-order valence-corrected chi connectivity index (χ0v) is 12.7. The van der Waals surface area contributed by atoms with E-state index in [9.17, 15) is 4.79 Å². The van der Waals surface area contributed by atoms with Crippen molar-refractivity contribution in [1.82, 2.24) is 0 Å². The molecule has 118 valence electrons. The van der Waals surface area contributed by atoms with Crippen molar-refractivity contribution in [1.29, 1.82) is 0 Å². The second-order valence-corrected chi connectivity index (χ2v) is 4.89.